The van der Waals surface area contributed by atoms with E-state index in [9.17, 15) is 23.1 Å². The molecule has 29 heavy (non-hydrogen) atoms. The van der Waals surface area contributed by atoms with Crippen LogP contribution in [0.25, 0.3) is 16.5 Å². The van der Waals surface area contributed by atoms with Gasteiger partial charge in [0.2, 0.25) is 0 Å². The summed E-state index contributed by atoms with van der Waals surface area (Å²) in [4.78, 5) is 16.2. The molecular formula is C22H21F3N2O2. The molecule has 0 amide bonds. The van der Waals surface area contributed by atoms with E-state index in [1.807, 2.05) is 30.3 Å². The van der Waals surface area contributed by atoms with Gasteiger partial charge in [-0.3, -0.25) is 4.98 Å². The van der Waals surface area contributed by atoms with Crippen LogP contribution >= 0.6 is 0 Å². The fourth-order valence-electron chi connectivity index (χ4n) is 3.55. The Bertz CT molecular complexity index is 1070. The first kappa shape index (κ1) is 20.6. The van der Waals surface area contributed by atoms with Gasteiger partial charge in [0.15, 0.2) is 0 Å². The molecule has 2 aromatic heterocycles. The Kier molecular flexibility index (Phi) is 5.77. The molecule has 3 rings (SSSR count). The standard InChI is InChI=1S/C22H21F3N2O2/c1-3-17(21(28)29)20-18(14(2)11-22(23,24)25)8-9-27(20)13-15-10-16-6-4-5-7-19(16)26-12-15/h3-10,12,14H,11,13H2,1-2H3,(H,28,29)/b17-3+. The molecule has 3 aromatic rings. The topological polar surface area (TPSA) is 55.1 Å². The lowest BCUT2D eigenvalue weighted by Crippen LogP contribution is -2.15. The van der Waals surface area contributed by atoms with Crippen molar-refractivity contribution in [1.29, 1.82) is 0 Å². The van der Waals surface area contributed by atoms with Crippen molar-refractivity contribution in [2.24, 2.45) is 0 Å². The molecule has 0 saturated carbocycles. The van der Waals surface area contributed by atoms with E-state index in [0.29, 0.717) is 17.8 Å². The molecule has 7 heteroatoms. The van der Waals surface area contributed by atoms with Crippen molar-refractivity contribution in [3.63, 3.8) is 0 Å². The van der Waals surface area contributed by atoms with E-state index in [-0.39, 0.29) is 5.57 Å². The lowest BCUT2D eigenvalue weighted by Gasteiger charge is -2.18. The smallest absolute Gasteiger partial charge is 0.389 e. The molecule has 1 N–H and O–H groups in total. The van der Waals surface area contributed by atoms with Crippen LogP contribution in [0.4, 0.5) is 13.2 Å². The largest absolute Gasteiger partial charge is 0.478 e. The molecule has 152 valence electrons. The predicted octanol–water partition coefficient (Wildman–Crippen LogP) is 5.63. The van der Waals surface area contributed by atoms with Gasteiger partial charge in [0, 0.05) is 24.3 Å². The van der Waals surface area contributed by atoms with Gasteiger partial charge in [-0.15, -0.1) is 0 Å². The summed E-state index contributed by atoms with van der Waals surface area (Å²) in [5.41, 5.74) is 2.31. The fraction of sp³-hybridized carbons (Fsp3) is 0.273. The SMILES string of the molecule is C/C=C(/C(=O)O)c1c(C(C)CC(F)(F)F)ccn1Cc1cnc2ccccc2c1. The maximum absolute atomic E-state index is 12.9. The summed E-state index contributed by atoms with van der Waals surface area (Å²) < 4.78 is 40.4. The third-order valence-electron chi connectivity index (χ3n) is 4.84. The monoisotopic (exact) mass is 402 g/mol. The van der Waals surface area contributed by atoms with Crippen LogP contribution in [-0.2, 0) is 11.3 Å². The van der Waals surface area contributed by atoms with E-state index >= 15 is 0 Å². The number of allylic oxidation sites excluding steroid dienone is 1. The van der Waals surface area contributed by atoms with Crippen LogP contribution < -0.4 is 0 Å². The Morgan fingerprint density at radius 3 is 2.66 bits per heavy atom. The first-order valence-electron chi connectivity index (χ1n) is 9.19. The van der Waals surface area contributed by atoms with Gasteiger partial charge in [0.1, 0.15) is 0 Å². The molecule has 0 spiro atoms. The number of hydrogen-bond donors (Lipinski definition) is 1. The number of carboxylic acids is 1. The highest BCUT2D eigenvalue weighted by Gasteiger charge is 2.33. The van der Waals surface area contributed by atoms with E-state index in [1.165, 1.54) is 13.0 Å². The summed E-state index contributed by atoms with van der Waals surface area (Å²) in [6.45, 7) is 3.33. The van der Waals surface area contributed by atoms with Crippen LogP contribution in [0.15, 0.2) is 54.9 Å². The zero-order chi connectivity index (χ0) is 21.2. The van der Waals surface area contributed by atoms with E-state index in [1.54, 1.807) is 30.0 Å². The van der Waals surface area contributed by atoms with Crippen LogP contribution in [-0.4, -0.2) is 26.8 Å². The third-order valence-corrected chi connectivity index (χ3v) is 4.84. The fourth-order valence-corrected chi connectivity index (χ4v) is 3.55. The number of benzene rings is 1. The highest BCUT2D eigenvalue weighted by atomic mass is 19.4. The number of halogens is 3. The molecule has 0 bridgehead atoms. The Labute approximate surface area is 166 Å². The summed E-state index contributed by atoms with van der Waals surface area (Å²) in [6, 6.07) is 11.1. The number of hydrogen-bond acceptors (Lipinski definition) is 2. The van der Waals surface area contributed by atoms with Crippen molar-refractivity contribution in [3.05, 3.63) is 71.7 Å². The zero-order valence-electron chi connectivity index (χ0n) is 16.1. The van der Waals surface area contributed by atoms with E-state index in [0.717, 1.165) is 16.5 Å². The Morgan fingerprint density at radius 1 is 1.28 bits per heavy atom. The van der Waals surface area contributed by atoms with Gasteiger partial charge in [0.25, 0.3) is 0 Å². The molecule has 2 heterocycles. The molecule has 0 aliphatic carbocycles. The second kappa shape index (κ2) is 8.11. The van der Waals surface area contributed by atoms with Gasteiger partial charge in [-0.05, 0) is 42.2 Å². The van der Waals surface area contributed by atoms with Crippen LogP contribution in [0.1, 0.15) is 43.0 Å². The quantitative estimate of drug-likeness (QED) is 0.544. The van der Waals surface area contributed by atoms with Crippen LogP contribution in [0.2, 0.25) is 0 Å². The number of aromatic nitrogens is 2. The van der Waals surface area contributed by atoms with Crippen molar-refractivity contribution in [2.75, 3.05) is 0 Å². The molecule has 1 aromatic carbocycles. The van der Waals surface area contributed by atoms with Gasteiger partial charge >= 0.3 is 12.1 Å². The van der Waals surface area contributed by atoms with E-state index in [4.69, 9.17) is 0 Å². The second-order valence-corrected chi connectivity index (χ2v) is 7.01. The Hall–Kier alpha value is -3.09. The Balaban J connectivity index is 2.04. The number of rotatable bonds is 6. The zero-order valence-corrected chi connectivity index (χ0v) is 16.1. The van der Waals surface area contributed by atoms with Gasteiger partial charge < -0.3 is 9.67 Å². The molecule has 0 radical (unpaired) electrons. The predicted molar refractivity (Wildman–Crippen MR) is 106 cm³/mol. The highest BCUT2D eigenvalue weighted by Crippen LogP contribution is 2.35. The second-order valence-electron chi connectivity index (χ2n) is 7.01. The first-order valence-corrected chi connectivity index (χ1v) is 9.19. The van der Waals surface area contributed by atoms with Crippen molar-refractivity contribution in [3.8, 4) is 0 Å². The van der Waals surface area contributed by atoms with E-state index < -0.39 is 24.5 Å². The molecule has 0 aliphatic rings. The number of nitrogens with zero attached hydrogens (tertiary/aromatic N) is 2. The maximum Gasteiger partial charge on any atom is 0.389 e. The lowest BCUT2D eigenvalue weighted by molar-refractivity contribution is -0.137. The third kappa shape index (κ3) is 4.67. The van der Waals surface area contributed by atoms with E-state index in [2.05, 4.69) is 4.98 Å². The molecule has 4 nitrogen and oxygen atoms in total. The van der Waals surface area contributed by atoms with Crippen molar-refractivity contribution >= 4 is 22.4 Å². The molecule has 0 aliphatic heterocycles. The number of pyridine rings is 1. The summed E-state index contributed by atoms with van der Waals surface area (Å²) >= 11 is 0. The molecule has 0 fully saturated rings. The molecular weight excluding hydrogens is 381 g/mol. The van der Waals surface area contributed by atoms with Gasteiger partial charge in [-0.25, -0.2) is 4.79 Å². The number of aliphatic carboxylic acids is 1. The average molecular weight is 402 g/mol. The van der Waals surface area contributed by atoms with Crippen LogP contribution in [0, 0.1) is 0 Å². The maximum atomic E-state index is 12.9. The number of carboxylic acid groups (broad SMARTS) is 1. The van der Waals surface area contributed by atoms with Crippen LogP contribution in [0.5, 0.6) is 0 Å². The van der Waals surface area contributed by atoms with Gasteiger partial charge in [-0.2, -0.15) is 13.2 Å². The van der Waals surface area contributed by atoms with Crippen molar-refractivity contribution in [1.82, 2.24) is 9.55 Å². The normalized spacial score (nSPS) is 13.6. The highest BCUT2D eigenvalue weighted by molar-refractivity contribution is 6.15. The van der Waals surface area contributed by atoms with Crippen molar-refractivity contribution in [2.45, 2.75) is 38.9 Å². The minimum atomic E-state index is -4.33. The minimum absolute atomic E-state index is 0.0206. The number of carbonyl (C=O) groups is 1. The molecule has 1 atom stereocenters. The van der Waals surface area contributed by atoms with Gasteiger partial charge in [-0.1, -0.05) is 31.2 Å². The van der Waals surface area contributed by atoms with Crippen LogP contribution in [0.3, 0.4) is 0 Å². The lowest BCUT2D eigenvalue weighted by atomic mass is 9.94. The summed E-state index contributed by atoms with van der Waals surface area (Å²) in [5.74, 6) is -2.04. The van der Waals surface area contributed by atoms with Crippen molar-refractivity contribution < 1.29 is 23.1 Å². The Morgan fingerprint density at radius 2 is 2.00 bits per heavy atom. The summed E-state index contributed by atoms with van der Waals surface area (Å²) in [6.07, 6.45) is -0.602. The molecule has 1 unspecified atom stereocenters. The first-order chi connectivity index (χ1) is 13.7. The number of para-hydroxylation sites is 1. The average Bonchev–Trinajstić information content (AvgIpc) is 3.04. The number of fused-ring (bicyclic) bond motifs is 1. The summed E-state index contributed by atoms with van der Waals surface area (Å²) in [7, 11) is 0. The molecule has 0 saturated heterocycles. The summed E-state index contributed by atoms with van der Waals surface area (Å²) in [5, 5.41) is 10.5. The minimum Gasteiger partial charge on any atom is -0.478 e. The number of alkyl halides is 3. The van der Waals surface area contributed by atoms with Gasteiger partial charge in [0.05, 0.1) is 23.2 Å².